The number of rotatable bonds is 4. The van der Waals surface area contributed by atoms with Crippen LogP contribution in [0.1, 0.15) is 23.5 Å². The van der Waals surface area contributed by atoms with Gasteiger partial charge in [-0.15, -0.1) is 0 Å². The van der Waals surface area contributed by atoms with E-state index < -0.39 is 17.5 Å². The molecule has 0 saturated heterocycles. The van der Waals surface area contributed by atoms with Gasteiger partial charge in [-0.25, -0.2) is 13.8 Å². The van der Waals surface area contributed by atoms with E-state index in [4.69, 9.17) is 0 Å². The average Bonchev–Trinajstić information content (AvgIpc) is 2.41. The van der Waals surface area contributed by atoms with Crippen LogP contribution in [-0.4, -0.2) is 15.9 Å². The van der Waals surface area contributed by atoms with Gasteiger partial charge in [-0.3, -0.25) is 9.59 Å². The molecular formula is C15H15F2N3O2. The van der Waals surface area contributed by atoms with E-state index >= 15 is 0 Å². The number of nitrogens with zero attached hydrogens (tertiary/aromatic N) is 1. The molecule has 116 valence electrons. The molecule has 2 rings (SSSR count). The van der Waals surface area contributed by atoms with Crippen molar-refractivity contribution in [3.05, 3.63) is 57.3 Å². The largest absolute Gasteiger partial charge is 0.324 e. The van der Waals surface area contributed by atoms with E-state index in [2.05, 4.69) is 15.3 Å². The molecule has 0 bridgehead atoms. The second-order valence-corrected chi connectivity index (χ2v) is 4.89. The molecule has 2 N–H and O–H groups in total. The van der Waals surface area contributed by atoms with Crippen molar-refractivity contribution in [2.75, 3.05) is 5.32 Å². The van der Waals surface area contributed by atoms with Crippen molar-refractivity contribution in [3.63, 3.8) is 0 Å². The Hall–Kier alpha value is -2.57. The molecule has 0 spiro atoms. The molecule has 7 heteroatoms. The van der Waals surface area contributed by atoms with Gasteiger partial charge >= 0.3 is 0 Å². The molecule has 2 aromatic rings. The second kappa shape index (κ2) is 6.46. The molecule has 0 fully saturated rings. The Morgan fingerprint density at radius 2 is 2.05 bits per heavy atom. The minimum absolute atomic E-state index is 0.0371. The molecule has 1 aromatic carbocycles. The Balaban J connectivity index is 2.05. The van der Waals surface area contributed by atoms with E-state index in [1.807, 2.05) is 0 Å². The highest BCUT2D eigenvalue weighted by Gasteiger charge is 2.12. The quantitative estimate of drug-likeness (QED) is 0.909. The molecule has 1 amide bonds. The van der Waals surface area contributed by atoms with E-state index in [9.17, 15) is 18.4 Å². The van der Waals surface area contributed by atoms with Gasteiger partial charge in [0.1, 0.15) is 17.5 Å². The maximum absolute atomic E-state index is 13.4. The Bertz CT molecular complexity index is 772. The van der Waals surface area contributed by atoms with Gasteiger partial charge in [-0.05, 0) is 32.4 Å². The third kappa shape index (κ3) is 3.75. The summed E-state index contributed by atoms with van der Waals surface area (Å²) in [5.41, 5.74) is 0.429. The number of halogens is 2. The molecule has 0 saturated carbocycles. The maximum Gasteiger partial charge on any atom is 0.254 e. The smallest absolute Gasteiger partial charge is 0.254 e. The van der Waals surface area contributed by atoms with Crippen LogP contribution in [0.25, 0.3) is 0 Å². The summed E-state index contributed by atoms with van der Waals surface area (Å²) in [4.78, 5) is 30.3. The van der Waals surface area contributed by atoms with Gasteiger partial charge in [0.15, 0.2) is 0 Å². The number of aryl methyl sites for hydroxylation is 2. The van der Waals surface area contributed by atoms with Gasteiger partial charge in [0, 0.05) is 23.7 Å². The fourth-order valence-corrected chi connectivity index (χ4v) is 2.09. The first-order chi connectivity index (χ1) is 10.4. The lowest BCUT2D eigenvalue weighted by atomic mass is 10.1. The summed E-state index contributed by atoms with van der Waals surface area (Å²) in [5.74, 6) is -1.38. The number of hydrogen-bond acceptors (Lipinski definition) is 3. The van der Waals surface area contributed by atoms with Gasteiger partial charge in [-0.2, -0.15) is 0 Å². The summed E-state index contributed by atoms with van der Waals surface area (Å²) in [5, 5.41) is 2.28. The molecule has 0 radical (unpaired) electrons. The number of benzene rings is 1. The fraction of sp³-hybridized carbons (Fsp3) is 0.267. The number of hydrogen-bond donors (Lipinski definition) is 2. The summed E-state index contributed by atoms with van der Waals surface area (Å²) < 4.78 is 26.4. The lowest BCUT2D eigenvalue weighted by molar-refractivity contribution is -0.116. The van der Waals surface area contributed by atoms with Crippen LogP contribution >= 0.6 is 0 Å². The van der Waals surface area contributed by atoms with E-state index in [1.165, 1.54) is 0 Å². The van der Waals surface area contributed by atoms with E-state index in [-0.39, 0.29) is 24.1 Å². The minimum Gasteiger partial charge on any atom is -0.324 e. The van der Waals surface area contributed by atoms with Crippen molar-refractivity contribution in [2.24, 2.45) is 0 Å². The minimum atomic E-state index is -0.721. The van der Waals surface area contributed by atoms with Crippen molar-refractivity contribution >= 4 is 11.6 Å². The van der Waals surface area contributed by atoms with Crippen LogP contribution in [0.3, 0.4) is 0 Å². The lowest BCUT2D eigenvalue weighted by Crippen LogP contribution is -2.20. The number of anilines is 1. The monoisotopic (exact) mass is 307 g/mol. The molecule has 0 atom stereocenters. The molecule has 0 aliphatic rings. The van der Waals surface area contributed by atoms with Crippen LogP contribution in [0.2, 0.25) is 0 Å². The zero-order valence-corrected chi connectivity index (χ0v) is 12.2. The Morgan fingerprint density at radius 3 is 2.73 bits per heavy atom. The van der Waals surface area contributed by atoms with Crippen molar-refractivity contribution in [1.82, 2.24) is 9.97 Å². The van der Waals surface area contributed by atoms with Crippen molar-refractivity contribution in [3.8, 4) is 0 Å². The highest BCUT2D eigenvalue weighted by molar-refractivity contribution is 5.90. The van der Waals surface area contributed by atoms with Crippen LogP contribution in [-0.2, 0) is 11.2 Å². The molecule has 5 nitrogen and oxygen atoms in total. The third-order valence-corrected chi connectivity index (χ3v) is 3.15. The average molecular weight is 307 g/mol. The van der Waals surface area contributed by atoms with Gasteiger partial charge in [-0.1, -0.05) is 0 Å². The van der Waals surface area contributed by atoms with E-state index in [1.54, 1.807) is 13.8 Å². The number of carbonyl (C=O) groups is 1. The molecule has 0 unspecified atom stereocenters. The fourth-order valence-electron chi connectivity index (χ4n) is 2.09. The predicted octanol–water partition coefficient (Wildman–Crippen LogP) is 2.24. The Labute approximate surface area is 125 Å². The van der Waals surface area contributed by atoms with Crippen LogP contribution in [0, 0.1) is 25.5 Å². The van der Waals surface area contributed by atoms with Crippen LogP contribution < -0.4 is 10.9 Å². The molecule has 1 heterocycles. The van der Waals surface area contributed by atoms with Gasteiger partial charge < -0.3 is 10.3 Å². The molecule has 0 aliphatic carbocycles. The third-order valence-electron chi connectivity index (χ3n) is 3.15. The SMILES string of the molecule is Cc1nc(C)c(CCC(=O)Nc2cc(F)ccc2F)c(=O)[nH]1. The summed E-state index contributed by atoms with van der Waals surface area (Å²) in [7, 11) is 0. The Morgan fingerprint density at radius 1 is 1.32 bits per heavy atom. The number of amides is 1. The van der Waals surface area contributed by atoms with E-state index in [0.717, 1.165) is 18.2 Å². The number of aromatic amines is 1. The first-order valence-electron chi connectivity index (χ1n) is 6.68. The van der Waals surface area contributed by atoms with Gasteiger partial charge in [0.05, 0.1) is 5.69 Å². The second-order valence-electron chi connectivity index (χ2n) is 4.89. The highest BCUT2D eigenvalue weighted by Crippen LogP contribution is 2.15. The van der Waals surface area contributed by atoms with Crippen LogP contribution in [0.15, 0.2) is 23.0 Å². The Kier molecular flexibility index (Phi) is 4.65. The van der Waals surface area contributed by atoms with Gasteiger partial charge in [0.2, 0.25) is 5.91 Å². The van der Waals surface area contributed by atoms with Crippen molar-refractivity contribution in [1.29, 1.82) is 0 Å². The summed E-state index contributed by atoms with van der Waals surface area (Å²) in [6.45, 7) is 3.35. The molecule has 22 heavy (non-hydrogen) atoms. The normalized spacial score (nSPS) is 10.5. The molecule has 0 aliphatic heterocycles. The topological polar surface area (TPSA) is 74.8 Å². The first-order valence-corrected chi connectivity index (χ1v) is 6.68. The summed E-state index contributed by atoms with van der Waals surface area (Å²) in [6, 6.07) is 2.80. The summed E-state index contributed by atoms with van der Waals surface area (Å²) in [6.07, 6.45) is 0.127. The van der Waals surface area contributed by atoms with Gasteiger partial charge in [0.25, 0.3) is 5.56 Å². The van der Waals surface area contributed by atoms with Crippen LogP contribution in [0.5, 0.6) is 0 Å². The maximum atomic E-state index is 13.4. The van der Waals surface area contributed by atoms with Crippen molar-refractivity contribution in [2.45, 2.75) is 26.7 Å². The first kappa shape index (κ1) is 15.8. The van der Waals surface area contributed by atoms with Crippen molar-refractivity contribution < 1.29 is 13.6 Å². The molecule has 1 aromatic heterocycles. The number of carbonyl (C=O) groups excluding carboxylic acids is 1. The molecular weight excluding hydrogens is 292 g/mol. The standard InChI is InChI=1S/C15H15F2N3O2/c1-8-11(15(22)19-9(2)18-8)4-6-14(21)20-13-7-10(16)3-5-12(13)17/h3,5,7H,4,6H2,1-2H3,(H,20,21)(H,18,19,22). The summed E-state index contributed by atoms with van der Waals surface area (Å²) >= 11 is 0. The lowest BCUT2D eigenvalue weighted by Gasteiger charge is -2.07. The van der Waals surface area contributed by atoms with E-state index in [0.29, 0.717) is 17.1 Å². The predicted molar refractivity (Wildman–Crippen MR) is 77.6 cm³/mol. The number of aromatic nitrogens is 2. The zero-order valence-electron chi connectivity index (χ0n) is 12.2. The number of nitrogens with one attached hydrogen (secondary N) is 2. The highest BCUT2D eigenvalue weighted by atomic mass is 19.1. The van der Waals surface area contributed by atoms with Crippen LogP contribution in [0.4, 0.5) is 14.5 Å². The number of H-pyrrole nitrogens is 1. The zero-order chi connectivity index (χ0) is 16.3.